The minimum absolute atomic E-state index is 0.0547. The quantitative estimate of drug-likeness (QED) is 0.231. The standard InChI is InChI=1S/C30H32N4O6S3/c1-20(2)25-12-7-13-26-28(25)27(19-34(26)43(39,40)24-10-4-3-5-11-24)42(37,38)32-22-14-16-33(17-15-22)30(41)31-23-9-6-8-21(18-23)29(35)36/h3-13,18-20,22,32H,14-17H2,1-2H3,(H,31,41)(H,35,36). The Morgan fingerprint density at radius 3 is 2.28 bits per heavy atom. The lowest BCUT2D eigenvalue weighted by Gasteiger charge is -2.34. The van der Waals surface area contributed by atoms with Gasteiger partial charge in [-0.15, -0.1) is 0 Å². The van der Waals surface area contributed by atoms with Crippen LogP contribution in [-0.4, -0.2) is 61.0 Å². The Morgan fingerprint density at radius 2 is 1.63 bits per heavy atom. The Morgan fingerprint density at radius 1 is 0.953 bits per heavy atom. The number of carboxylic acid groups (broad SMARTS) is 1. The Labute approximate surface area is 256 Å². The number of anilines is 1. The van der Waals surface area contributed by atoms with Crippen LogP contribution in [0.4, 0.5) is 5.69 Å². The third-order valence-corrected chi connectivity index (χ3v) is 11.0. The number of rotatable bonds is 8. The smallest absolute Gasteiger partial charge is 0.335 e. The SMILES string of the molecule is CC(C)c1cccc2c1c(S(=O)(=O)NC1CCN(C(=S)Nc3cccc(C(=O)O)c3)CC1)cn2S(=O)(=O)c1ccccc1. The van der Waals surface area contributed by atoms with Crippen LogP contribution in [0.15, 0.2) is 88.8 Å². The largest absolute Gasteiger partial charge is 0.478 e. The van der Waals surface area contributed by atoms with Crippen molar-refractivity contribution in [3.8, 4) is 0 Å². The van der Waals surface area contributed by atoms with E-state index >= 15 is 0 Å². The minimum atomic E-state index is -4.12. The first-order chi connectivity index (χ1) is 20.4. The van der Waals surface area contributed by atoms with Crippen molar-refractivity contribution < 1.29 is 26.7 Å². The Bertz CT molecular complexity index is 1900. The fraction of sp³-hybridized carbons (Fsp3) is 0.267. The molecular weight excluding hydrogens is 609 g/mol. The summed E-state index contributed by atoms with van der Waals surface area (Å²) in [7, 11) is -8.19. The number of carbonyl (C=O) groups is 1. The van der Waals surface area contributed by atoms with E-state index in [0.717, 1.165) is 9.54 Å². The molecule has 0 spiro atoms. The van der Waals surface area contributed by atoms with E-state index in [1.165, 1.54) is 30.5 Å². The van der Waals surface area contributed by atoms with E-state index in [2.05, 4.69) is 10.0 Å². The predicted octanol–water partition coefficient (Wildman–Crippen LogP) is 4.84. The number of hydrogen-bond acceptors (Lipinski definition) is 6. The van der Waals surface area contributed by atoms with Crippen molar-refractivity contribution in [2.75, 3.05) is 18.4 Å². The molecular formula is C30H32N4O6S3. The number of piperidine rings is 1. The van der Waals surface area contributed by atoms with Crippen LogP contribution in [0.3, 0.4) is 0 Å². The third kappa shape index (κ3) is 6.30. The summed E-state index contributed by atoms with van der Waals surface area (Å²) in [6.45, 7) is 4.82. The van der Waals surface area contributed by atoms with Crippen molar-refractivity contribution in [2.24, 2.45) is 0 Å². The molecule has 43 heavy (non-hydrogen) atoms. The van der Waals surface area contributed by atoms with E-state index in [1.807, 2.05) is 24.8 Å². The monoisotopic (exact) mass is 640 g/mol. The van der Waals surface area contributed by atoms with Gasteiger partial charge in [-0.25, -0.2) is 30.3 Å². The van der Waals surface area contributed by atoms with Gasteiger partial charge in [-0.3, -0.25) is 0 Å². The molecule has 1 aromatic heterocycles. The molecule has 3 aromatic carbocycles. The van der Waals surface area contributed by atoms with Crippen molar-refractivity contribution in [3.05, 3.63) is 90.1 Å². The second-order valence-electron chi connectivity index (χ2n) is 10.7. The van der Waals surface area contributed by atoms with Crippen molar-refractivity contribution in [2.45, 2.75) is 48.4 Å². The first kappa shape index (κ1) is 30.7. The first-order valence-electron chi connectivity index (χ1n) is 13.7. The third-order valence-electron chi connectivity index (χ3n) is 7.47. The van der Waals surface area contributed by atoms with E-state index in [4.69, 9.17) is 12.2 Å². The highest BCUT2D eigenvalue weighted by molar-refractivity contribution is 7.91. The van der Waals surface area contributed by atoms with Gasteiger partial charge in [0.2, 0.25) is 10.0 Å². The summed E-state index contributed by atoms with van der Waals surface area (Å²) in [5.74, 6) is -1.09. The Hall–Kier alpha value is -3.78. The molecule has 13 heteroatoms. The molecule has 0 radical (unpaired) electrons. The second kappa shape index (κ2) is 12.1. The molecule has 2 heterocycles. The fourth-order valence-electron chi connectivity index (χ4n) is 5.26. The molecule has 4 aromatic rings. The predicted molar refractivity (Wildman–Crippen MR) is 170 cm³/mol. The number of hydrogen-bond donors (Lipinski definition) is 3. The highest BCUT2D eigenvalue weighted by Gasteiger charge is 2.31. The van der Waals surface area contributed by atoms with Crippen LogP contribution in [0.5, 0.6) is 0 Å². The number of thiocarbonyl (C=S) groups is 1. The molecule has 3 N–H and O–H groups in total. The van der Waals surface area contributed by atoms with Gasteiger partial charge in [-0.05, 0) is 72.9 Å². The van der Waals surface area contributed by atoms with Gasteiger partial charge in [0.15, 0.2) is 5.11 Å². The summed E-state index contributed by atoms with van der Waals surface area (Å²) in [5, 5.41) is 13.1. The molecule has 1 aliphatic heterocycles. The number of benzene rings is 3. The van der Waals surface area contributed by atoms with E-state index in [0.29, 0.717) is 47.6 Å². The van der Waals surface area contributed by atoms with Gasteiger partial charge in [0.1, 0.15) is 4.90 Å². The van der Waals surface area contributed by atoms with Gasteiger partial charge in [-0.2, -0.15) is 0 Å². The van der Waals surface area contributed by atoms with Gasteiger partial charge < -0.3 is 15.3 Å². The van der Waals surface area contributed by atoms with E-state index in [1.54, 1.807) is 42.5 Å². The van der Waals surface area contributed by atoms with Crippen LogP contribution < -0.4 is 10.0 Å². The number of sulfonamides is 1. The lowest BCUT2D eigenvalue weighted by molar-refractivity contribution is 0.0697. The molecule has 1 saturated heterocycles. The normalized spacial score (nSPS) is 14.7. The van der Waals surface area contributed by atoms with Crippen LogP contribution in [0.25, 0.3) is 10.9 Å². The van der Waals surface area contributed by atoms with Crippen LogP contribution >= 0.6 is 12.2 Å². The molecule has 1 aliphatic rings. The van der Waals surface area contributed by atoms with Crippen LogP contribution in [0, 0.1) is 0 Å². The zero-order chi connectivity index (χ0) is 30.9. The Balaban J connectivity index is 1.38. The number of carboxylic acids is 1. The Kier molecular flexibility index (Phi) is 8.61. The lowest BCUT2D eigenvalue weighted by atomic mass is 9.99. The zero-order valence-electron chi connectivity index (χ0n) is 23.6. The average molecular weight is 641 g/mol. The van der Waals surface area contributed by atoms with Gasteiger partial charge >= 0.3 is 5.97 Å². The molecule has 226 valence electrons. The van der Waals surface area contributed by atoms with Gasteiger partial charge in [0, 0.05) is 36.4 Å². The highest BCUT2D eigenvalue weighted by Crippen LogP contribution is 2.35. The van der Waals surface area contributed by atoms with E-state index in [9.17, 15) is 26.7 Å². The van der Waals surface area contributed by atoms with Crippen LogP contribution in [0.1, 0.15) is 48.5 Å². The number of fused-ring (bicyclic) bond motifs is 1. The van der Waals surface area contributed by atoms with Gasteiger partial charge in [-0.1, -0.05) is 50.2 Å². The van der Waals surface area contributed by atoms with E-state index < -0.39 is 32.1 Å². The molecule has 0 aliphatic carbocycles. The summed E-state index contributed by atoms with van der Waals surface area (Å²) >= 11 is 5.53. The average Bonchev–Trinajstić information content (AvgIpc) is 3.40. The summed E-state index contributed by atoms with van der Waals surface area (Å²) in [5.41, 5.74) is 1.72. The second-order valence-corrected chi connectivity index (χ2v) is 14.6. The zero-order valence-corrected chi connectivity index (χ0v) is 26.0. The van der Waals surface area contributed by atoms with Crippen LogP contribution in [0.2, 0.25) is 0 Å². The van der Waals surface area contributed by atoms with Gasteiger partial charge in [0.25, 0.3) is 10.0 Å². The molecule has 5 rings (SSSR count). The topological polar surface area (TPSA) is 138 Å². The summed E-state index contributed by atoms with van der Waals surface area (Å²) < 4.78 is 58.9. The summed E-state index contributed by atoms with van der Waals surface area (Å²) in [6.07, 6.45) is 2.14. The van der Waals surface area contributed by atoms with Gasteiger partial charge in [0.05, 0.1) is 16.0 Å². The molecule has 0 unspecified atom stereocenters. The minimum Gasteiger partial charge on any atom is -0.478 e. The maximum Gasteiger partial charge on any atom is 0.335 e. The first-order valence-corrected chi connectivity index (χ1v) is 17.1. The lowest BCUT2D eigenvalue weighted by Crippen LogP contribution is -2.47. The van der Waals surface area contributed by atoms with E-state index in [-0.39, 0.29) is 21.3 Å². The molecule has 0 atom stereocenters. The maximum absolute atomic E-state index is 13.9. The number of nitrogens with zero attached hydrogens (tertiary/aromatic N) is 2. The summed E-state index contributed by atoms with van der Waals surface area (Å²) in [6, 6.07) is 19.1. The molecule has 0 saturated carbocycles. The maximum atomic E-state index is 13.9. The molecule has 0 bridgehead atoms. The number of nitrogens with one attached hydrogen (secondary N) is 2. The van der Waals surface area contributed by atoms with Crippen molar-refractivity contribution in [3.63, 3.8) is 0 Å². The summed E-state index contributed by atoms with van der Waals surface area (Å²) in [4.78, 5) is 13.2. The highest BCUT2D eigenvalue weighted by atomic mass is 32.2. The van der Waals surface area contributed by atoms with Crippen molar-refractivity contribution in [1.82, 2.24) is 13.6 Å². The fourth-order valence-corrected chi connectivity index (χ4v) is 8.54. The number of aromatic nitrogens is 1. The molecule has 1 fully saturated rings. The molecule has 10 nitrogen and oxygen atoms in total. The van der Waals surface area contributed by atoms with Crippen LogP contribution in [-0.2, 0) is 20.0 Å². The number of likely N-dealkylation sites (tertiary alicyclic amines) is 1. The molecule has 0 amide bonds. The number of aromatic carboxylic acids is 1. The van der Waals surface area contributed by atoms with Crippen molar-refractivity contribution in [1.29, 1.82) is 0 Å². The van der Waals surface area contributed by atoms with Crippen molar-refractivity contribution >= 4 is 59.9 Å².